The third-order valence-corrected chi connectivity index (χ3v) is 9.31. The average Bonchev–Trinajstić information content (AvgIpc) is 3.82. The van der Waals surface area contributed by atoms with Crippen LogP contribution in [0.4, 0.5) is 0 Å². The van der Waals surface area contributed by atoms with Crippen molar-refractivity contribution in [2.75, 3.05) is 0 Å². The first-order valence-electron chi connectivity index (χ1n) is 14.5. The molecule has 0 aliphatic rings. The van der Waals surface area contributed by atoms with Gasteiger partial charge in [-0.05, 0) is 52.7 Å². The maximum Gasteiger partial charge on any atom is 0.101 e. The van der Waals surface area contributed by atoms with E-state index in [9.17, 15) is 0 Å². The summed E-state index contributed by atoms with van der Waals surface area (Å²) in [4.78, 5) is 1.20. The quantitative estimate of drug-likeness (QED) is 0.207. The molecule has 0 aliphatic carbocycles. The summed E-state index contributed by atoms with van der Waals surface area (Å²) in [6.45, 7) is 0. The standard InChI is InChI=1S/C39H25N3S/c1-3-12-26(13-4-1)37-38(40-42-35(36-20-11-23-43-36)24-27-14-7-8-17-30(27)39(37)42)28-21-22-32-31-18-9-10-19-33(31)41(34(32)25-28)29-15-5-2-6-16-29/h1-25H. The molecular weight excluding hydrogens is 543 g/mol. The Morgan fingerprint density at radius 1 is 0.535 bits per heavy atom. The molecule has 4 aromatic heterocycles. The molecule has 0 saturated heterocycles. The van der Waals surface area contributed by atoms with Crippen molar-refractivity contribution in [3.63, 3.8) is 0 Å². The van der Waals surface area contributed by atoms with Crippen LogP contribution >= 0.6 is 11.3 Å². The lowest BCUT2D eigenvalue weighted by atomic mass is 9.97. The van der Waals surface area contributed by atoms with Gasteiger partial charge in [0.05, 0.1) is 27.1 Å². The maximum absolute atomic E-state index is 5.44. The van der Waals surface area contributed by atoms with Crippen molar-refractivity contribution < 1.29 is 0 Å². The summed E-state index contributed by atoms with van der Waals surface area (Å²) in [5.74, 6) is 0. The van der Waals surface area contributed by atoms with E-state index in [-0.39, 0.29) is 0 Å². The normalized spacial score (nSPS) is 11.7. The van der Waals surface area contributed by atoms with Crippen molar-refractivity contribution in [3.8, 4) is 38.6 Å². The second kappa shape index (κ2) is 9.55. The first kappa shape index (κ1) is 24.2. The van der Waals surface area contributed by atoms with Gasteiger partial charge in [0, 0.05) is 33.0 Å². The number of fused-ring (bicyclic) bond motifs is 6. The van der Waals surface area contributed by atoms with Crippen molar-refractivity contribution in [2.24, 2.45) is 0 Å². The number of aromatic nitrogens is 3. The fourth-order valence-corrected chi connectivity index (χ4v) is 7.27. The van der Waals surface area contributed by atoms with E-state index in [2.05, 4.69) is 160 Å². The zero-order chi connectivity index (χ0) is 28.3. The molecule has 0 amide bonds. The van der Waals surface area contributed by atoms with Crippen LogP contribution in [0.1, 0.15) is 0 Å². The van der Waals surface area contributed by atoms with Crippen LogP contribution in [-0.4, -0.2) is 14.2 Å². The van der Waals surface area contributed by atoms with Crippen molar-refractivity contribution in [1.29, 1.82) is 0 Å². The van der Waals surface area contributed by atoms with E-state index < -0.39 is 0 Å². The monoisotopic (exact) mass is 567 g/mol. The molecule has 0 bridgehead atoms. The van der Waals surface area contributed by atoms with E-state index in [1.165, 1.54) is 37.5 Å². The van der Waals surface area contributed by atoms with Gasteiger partial charge in [-0.1, -0.05) is 109 Å². The van der Waals surface area contributed by atoms with Crippen LogP contribution in [0.2, 0.25) is 0 Å². The third-order valence-electron chi connectivity index (χ3n) is 8.42. The molecule has 3 nitrogen and oxygen atoms in total. The first-order chi connectivity index (χ1) is 21.3. The lowest BCUT2D eigenvalue weighted by Gasteiger charge is -2.10. The molecule has 0 atom stereocenters. The molecule has 5 aromatic carbocycles. The Labute approximate surface area is 252 Å². The van der Waals surface area contributed by atoms with E-state index in [1.807, 2.05) is 0 Å². The van der Waals surface area contributed by atoms with Crippen LogP contribution in [0.15, 0.2) is 151 Å². The van der Waals surface area contributed by atoms with Gasteiger partial charge < -0.3 is 4.57 Å². The highest BCUT2D eigenvalue weighted by Crippen LogP contribution is 2.43. The summed E-state index contributed by atoms with van der Waals surface area (Å²) >= 11 is 1.75. The largest absolute Gasteiger partial charge is 0.309 e. The second-order valence-corrected chi connectivity index (χ2v) is 11.8. The molecular formula is C39H25N3S. The Hall–Kier alpha value is -5.45. The number of hydrogen-bond donors (Lipinski definition) is 0. The van der Waals surface area contributed by atoms with E-state index in [0.717, 1.165) is 39.3 Å². The van der Waals surface area contributed by atoms with Crippen LogP contribution in [0, 0.1) is 0 Å². The fraction of sp³-hybridized carbons (Fsp3) is 0. The van der Waals surface area contributed by atoms with Gasteiger partial charge >= 0.3 is 0 Å². The van der Waals surface area contributed by atoms with Gasteiger partial charge in [-0.25, -0.2) is 4.52 Å². The molecule has 0 fully saturated rings. The smallest absolute Gasteiger partial charge is 0.101 e. The fourth-order valence-electron chi connectivity index (χ4n) is 6.54. The maximum atomic E-state index is 5.44. The molecule has 202 valence electrons. The highest BCUT2D eigenvalue weighted by atomic mass is 32.1. The number of benzene rings is 5. The summed E-state index contributed by atoms with van der Waals surface area (Å²) in [6.07, 6.45) is 0. The van der Waals surface area contributed by atoms with Crippen molar-refractivity contribution in [1.82, 2.24) is 14.2 Å². The number of nitrogens with zero attached hydrogens (tertiary/aromatic N) is 3. The molecule has 0 spiro atoms. The minimum Gasteiger partial charge on any atom is -0.309 e. The summed E-state index contributed by atoms with van der Waals surface area (Å²) < 4.78 is 4.54. The van der Waals surface area contributed by atoms with Gasteiger partial charge in [0.25, 0.3) is 0 Å². The van der Waals surface area contributed by atoms with Crippen LogP contribution in [-0.2, 0) is 0 Å². The van der Waals surface area contributed by atoms with Crippen molar-refractivity contribution in [2.45, 2.75) is 0 Å². The number of pyridine rings is 1. The summed E-state index contributed by atoms with van der Waals surface area (Å²) in [5.41, 5.74) is 10.1. The highest BCUT2D eigenvalue weighted by molar-refractivity contribution is 7.13. The van der Waals surface area contributed by atoms with E-state index in [1.54, 1.807) is 11.3 Å². The minimum atomic E-state index is 0.979. The van der Waals surface area contributed by atoms with Gasteiger partial charge in [0.2, 0.25) is 0 Å². The molecule has 9 rings (SSSR count). The van der Waals surface area contributed by atoms with Crippen LogP contribution in [0.5, 0.6) is 0 Å². The topological polar surface area (TPSA) is 22.2 Å². The van der Waals surface area contributed by atoms with Gasteiger partial charge in [0.1, 0.15) is 5.69 Å². The molecule has 0 radical (unpaired) electrons. The Bertz CT molecular complexity index is 2430. The lowest BCUT2D eigenvalue weighted by molar-refractivity contribution is 0.982. The Kier molecular flexibility index (Phi) is 5.37. The van der Waals surface area contributed by atoms with E-state index >= 15 is 0 Å². The Balaban J connectivity index is 1.42. The summed E-state index contributed by atoms with van der Waals surface area (Å²) in [7, 11) is 0. The number of para-hydroxylation sites is 2. The predicted molar refractivity (Wildman–Crippen MR) is 181 cm³/mol. The molecule has 4 heteroatoms. The SMILES string of the molecule is c1ccc(-c2c(-c3ccc4c5ccccc5n(-c5ccccc5)c4c3)nn3c(-c4cccs4)cc4ccccc4c23)cc1. The average molecular weight is 568 g/mol. The van der Waals surface area contributed by atoms with Gasteiger partial charge in [0.15, 0.2) is 0 Å². The molecule has 9 aromatic rings. The number of hydrogen-bond acceptors (Lipinski definition) is 2. The van der Waals surface area contributed by atoms with Crippen molar-refractivity contribution in [3.05, 3.63) is 151 Å². The molecule has 4 heterocycles. The van der Waals surface area contributed by atoms with Crippen LogP contribution in [0.3, 0.4) is 0 Å². The van der Waals surface area contributed by atoms with Gasteiger partial charge in [-0.15, -0.1) is 11.3 Å². The molecule has 43 heavy (non-hydrogen) atoms. The first-order valence-corrected chi connectivity index (χ1v) is 15.4. The van der Waals surface area contributed by atoms with Crippen molar-refractivity contribution >= 4 is 49.4 Å². The van der Waals surface area contributed by atoms with Gasteiger partial charge in [-0.2, -0.15) is 5.10 Å². The Morgan fingerprint density at radius 3 is 2.07 bits per heavy atom. The minimum absolute atomic E-state index is 0.979. The molecule has 0 saturated carbocycles. The molecule has 0 N–H and O–H groups in total. The molecule has 0 unspecified atom stereocenters. The summed E-state index contributed by atoms with van der Waals surface area (Å²) in [5, 5.41) is 12.5. The van der Waals surface area contributed by atoms with E-state index in [4.69, 9.17) is 5.10 Å². The molecule has 0 aliphatic heterocycles. The van der Waals surface area contributed by atoms with Crippen LogP contribution < -0.4 is 0 Å². The lowest BCUT2D eigenvalue weighted by Crippen LogP contribution is -1.94. The van der Waals surface area contributed by atoms with E-state index in [0.29, 0.717) is 0 Å². The number of thiophene rings is 1. The second-order valence-electron chi connectivity index (χ2n) is 10.9. The highest BCUT2D eigenvalue weighted by Gasteiger charge is 2.23. The predicted octanol–water partition coefficient (Wildman–Crippen LogP) is 10.6. The third kappa shape index (κ3) is 3.70. The summed E-state index contributed by atoms with van der Waals surface area (Å²) in [6, 6.07) is 52.1. The number of rotatable bonds is 4. The zero-order valence-electron chi connectivity index (χ0n) is 23.2. The Morgan fingerprint density at radius 2 is 1.26 bits per heavy atom. The van der Waals surface area contributed by atoms with Gasteiger partial charge in [-0.3, -0.25) is 0 Å². The zero-order valence-corrected chi connectivity index (χ0v) is 24.0. The van der Waals surface area contributed by atoms with Crippen LogP contribution in [0.25, 0.3) is 76.7 Å².